The van der Waals surface area contributed by atoms with Crippen molar-refractivity contribution in [2.75, 3.05) is 32.8 Å². The molecule has 0 N–H and O–H groups in total. The van der Waals surface area contributed by atoms with Crippen LogP contribution in [0.15, 0.2) is 0 Å². The summed E-state index contributed by atoms with van der Waals surface area (Å²) in [5.41, 5.74) is 0. The van der Waals surface area contributed by atoms with Gasteiger partial charge < -0.3 is 9.47 Å². The maximum atomic E-state index is 10.7. The largest absolute Gasteiger partial charge is 0.465 e. The van der Waals surface area contributed by atoms with Gasteiger partial charge in [0.2, 0.25) is 0 Å². The van der Waals surface area contributed by atoms with E-state index in [9.17, 15) is 9.59 Å². The van der Waals surface area contributed by atoms with Gasteiger partial charge in [0.25, 0.3) is 0 Å². The number of carbonyl (C=O) groups is 2. The van der Waals surface area contributed by atoms with E-state index in [1.54, 1.807) is 0 Å². The van der Waals surface area contributed by atoms with Gasteiger partial charge in [-0.3, -0.25) is 14.5 Å². The minimum atomic E-state index is -0.251. The summed E-state index contributed by atoms with van der Waals surface area (Å²) in [4.78, 5) is 23.6. The monoisotopic (exact) mass is 257 g/mol. The summed E-state index contributed by atoms with van der Waals surface area (Å²) in [7, 11) is 0. The second-order valence-electron chi connectivity index (χ2n) is 4.78. The van der Waals surface area contributed by atoms with Crippen molar-refractivity contribution >= 4 is 11.9 Å². The molecular weight excluding hydrogens is 234 g/mol. The Hall–Kier alpha value is -1.10. The van der Waals surface area contributed by atoms with Gasteiger partial charge in [-0.2, -0.15) is 0 Å². The van der Waals surface area contributed by atoms with E-state index in [2.05, 4.69) is 4.90 Å². The van der Waals surface area contributed by atoms with Crippen molar-refractivity contribution in [3.8, 4) is 0 Å². The van der Waals surface area contributed by atoms with Gasteiger partial charge in [-0.25, -0.2) is 0 Å². The normalized spacial score (nSPS) is 15.3. The highest BCUT2D eigenvalue weighted by atomic mass is 16.5. The molecular formula is C13H23NO4. The minimum absolute atomic E-state index is 0.251. The average molecular weight is 257 g/mol. The Morgan fingerprint density at radius 3 is 1.89 bits per heavy atom. The van der Waals surface area contributed by atoms with Crippen LogP contribution in [0.5, 0.6) is 0 Å². The molecule has 0 amide bonds. The molecule has 0 aliphatic heterocycles. The van der Waals surface area contributed by atoms with Crippen LogP contribution in [-0.2, 0) is 19.1 Å². The molecule has 1 aliphatic rings. The Labute approximate surface area is 108 Å². The molecule has 0 radical (unpaired) electrons. The van der Waals surface area contributed by atoms with Crippen LogP contribution in [0.25, 0.3) is 0 Å². The molecule has 1 fully saturated rings. The number of carbonyl (C=O) groups excluding carboxylic acids is 2. The summed E-state index contributed by atoms with van der Waals surface area (Å²) in [5.74, 6) is 0.247. The molecule has 1 aliphatic carbocycles. The van der Waals surface area contributed by atoms with Crippen molar-refractivity contribution in [1.82, 2.24) is 4.90 Å². The van der Waals surface area contributed by atoms with Crippen LogP contribution in [0.2, 0.25) is 0 Å². The fourth-order valence-electron chi connectivity index (χ4n) is 1.97. The third kappa shape index (κ3) is 6.59. The second kappa shape index (κ2) is 8.08. The zero-order chi connectivity index (χ0) is 13.4. The number of esters is 2. The molecule has 0 aromatic carbocycles. The van der Waals surface area contributed by atoms with E-state index >= 15 is 0 Å². The van der Waals surface area contributed by atoms with E-state index in [1.165, 1.54) is 33.1 Å². The molecule has 0 heterocycles. The van der Waals surface area contributed by atoms with Gasteiger partial charge in [0.1, 0.15) is 13.2 Å². The quantitative estimate of drug-likeness (QED) is 0.612. The van der Waals surface area contributed by atoms with Crippen molar-refractivity contribution < 1.29 is 19.1 Å². The van der Waals surface area contributed by atoms with Gasteiger partial charge in [0, 0.05) is 33.5 Å². The number of hydrogen-bond donors (Lipinski definition) is 0. The summed E-state index contributed by atoms with van der Waals surface area (Å²) < 4.78 is 9.89. The first-order valence-electron chi connectivity index (χ1n) is 6.57. The number of ether oxygens (including phenoxy) is 2. The average Bonchev–Trinajstić information content (AvgIpc) is 2.21. The number of rotatable bonds is 8. The van der Waals surface area contributed by atoms with E-state index in [0.29, 0.717) is 26.3 Å². The molecule has 0 spiro atoms. The Kier molecular flexibility index (Phi) is 6.72. The third-order valence-electron chi connectivity index (χ3n) is 3.17. The fraction of sp³-hybridized carbons (Fsp3) is 0.846. The molecule has 0 atom stereocenters. The first-order valence-corrected chi connectivity index (χ1v) is 6.57. The summed E-state index contributed by atoms with van der Waals surface area (Å²) >= 11 is 0. The van der Waals surface area contributed by atoms with E-state index < -0.39 is 0 Å². The van der Waals surface area contributed by atoms with Crippen molar-refractivity contribution in [3.63, 3.8) is 0 Å². The molecule has 1 rings (SSSR count). The summed E-state index contributed by atoms with van der Waals surface area (Å²) in [6.45, 7) is 6.05. The van der Waals surface area contributed by atoms with Crippen molar-refractivity contribution in [3.05, 3.63) is 0 Å². The van der Waals surface area contributed by atoms with E-state index in [1.807, 2.05) is 0 Å². The van der Waals surface area contributed by atoms with Crippen LogP contribution < -0.4 is 0 Å². The predicted octanol–water partition coefficient (Wildman–Crippen LogP) is 1.21. The molecule has 0 aromatic rings. The topological polar surface area (TPSA) is 55.8 Å². The van der Waals surface area contributed by atoms with Crippen LogP contribution in [0.4, 0.5) is 0 Å². The molecule has 0 saturated heterocycles. The Morgan fingerprint density at radius 2 is 1.56 bits per heavy atom. The Morgan fingerprint density at radius 1 is 1.06 bits per heavy atom. The van der Waals surface area contributed by atoms with Crippen LogP contribution in [-0.4, -0.2) is 49.7 Å². The van der Waals surface area contributed by atoms with Gasteiger partial charge in [-0.05, 0) is 18.8 Å². The first kappa shape index (κ1) is 15.0. The minimum Gasteiger partial charge on any atom is -0.465 e. The lowest BCUT2D eigenvalue weighted by Gasteiger charge is -2.32. The van der Waals surface area contributed by atoms with Gasteiger partial charge in [-0.1, -0.05) is 6.42 Å². The molecule has 0 unspecified atom stereocenters. The molecule has 0 bridgehead atoms. The summed E-state index contributed by atoms with van der Waals surface area (Å²) in [6.07, 6.45) is 3.86. The lowest BCUT2D eigenvalue weighted by Crippen LogP contribution is -2.37. The lowest BCUT2D eigenvalue weighted by molar-refractivity contribution is -0.141. The molecule has 18 heavy (non-hydrogen) atoms. The van der Waals surface area contributed by atoms with E-state index in [-0.39, 0.29) is 11.9 Å². The summed E-state index contributed by atoms with van der Waals surface area (Å²) in [5, 5.41) is 0. The van der Waals surface area contributed by atoms with Crippen LogP contribution in [0.3, 0.4) is 0 Å². The van der Waals surface area contributed by atoms with Crippen LogP contribution in [0, 0.1) is 5.92 Å². The first-order chi connectivity index (χ1) is 8.58. The molecule has 104 valence electrons. The maximum Gasteiger partial charge on any atom is 0.302 e. The highest BCUT2D eigenvalue weighted by Crippen LogP contribution is 2.26. The molecule has 1 saturated carbocycles. The van der Waals surface area contributed by atoms with Crippen molar-refractivity contribution in [1.29, 1.82) is 0 Å². The SMILES string of the molecule is CC(=O)OCCN(CCOC(C)=O)CC1CCC1. The summed E-state index contributed by atoms with van der Waals surface area (Å²) in [6, 6.07) is 0. The standard InChI is InChI=1S/C13H23NO4/c1-11(15)17-8-6-14(7-9-18-12(2)16)10-13-4-3-5-13/h13H,3-10H2,1-2H3. The van der Waals surface area contributed by atoms with Gasteiger partial charge in [0.05, 0.1) is 0 Å². The van der Waals surface area contributed by atoms with Gasteiger partial charge in [0.15, 0.2) is 0 Å². The van der Waals surface area contributed by atoms with Crippen molar-refractivity contribution in [2.45, 2.75) is 33.1 Å². The van der Waals surface area contributed by atoms with Gasteiger partial charge >= 0.3 is 11.9 Å². The molecule has 5 nitrogen and oxygen atoms in total. The predicted molar refractivity (Wildman–Crippen MR) is 67.0 cm³/mol. The third-order valence-corrected chi connectivity index (χ3v) is 3.17. The fourth-order valence-corrected chi connectivity index (χ4v) is 1.97. The zero-order valence-electron chi connectivity index (χ0n) is 11.3. The van der Waals surface area contributed by atoms with Crippen LogP contribution in [0.1, 0.15) is 33.1 Å². The highest BCUT2D eigenvalue weighted by Gasteiger charge is 2.20. The number of hydrogen-bond acceptors (Lipinski definition) is 5. The van der Waals surface area contributed by atoms with Crippen molar-refractivity contribution in [2.24, 2.45) is 5.92 Å². The lowest BCUT2D eigenvalue weighted by atomic mass is 9.85. The maximum absolute atomic E-state index is 10.7. The van der Waals surface area contributed by atoms with E-state index in [0.717, 1.165) is 12.5 Å². The van der Waals surface area contributed by atoms with Crippen LogP contribution >= 0.6 is 0 Å². The number of nitrogens with zero attached hydrogens (tertiary/aromatic N) is 1. The van der Waals surface area contributed by atoms with Gasteiger partial charge in [-0.15, -0.1) is 0 Å². The Bertz CT molecular complexity index is 256. The Balaban J connectivity index is 2.21. The molecule has 0 aromatic heterocycles. The highest BCUT2D eigenvalue weighted by molar-refractivity contribution is 5.66. The zero-order valence-corrected chi connectivity index (χ0v) is 11.3. The van der Waals surface area contributed by atoms with E-state index in [4.69, 9.17) is 9.47 Å². The smallest absolute Gasteiger partial charge is 0.302 e. The second-order valence-corrected chi connectivity index (χ2v) is 4.78. The molecule has 5 heteroatoms.